The molecule has 0 aliphatic heterocycles. The van der Waals surface area contributed by atoms with E-state index in [1.807, 2.05) is 0 Å². The molecule has 0 bridgehead atoms. The standard InChI is InChI=1S/C9H21P.C2HF6NO4S2/c1-7(2)10(8(3)4)9(5)6;3-1(4,5)14(10,11)9-15(12,13)2(6,7)8/h7-9H,1-6H3;9H. The van der Waals surface area contributed by atoms with E-state index in [9.17, 15) is 43.2 Å². The van der Waals surface area contributed by atoms with Gasteiger partial charge in [0.05, 0.1) is 0 Å². The molecule has 25 heavy (non-hydrogen) atoms. The van der Waals surface area contributed by atoms with Crippen molar-refractivity contribution in [1.29, 1.82) is 0 Å². The van der Waals surface area contributed by atoms with E-state index in [1.54, 1.807) is 0 Å². The summed E-state index contributed by atoms with van der Waals surface area (Å²) in [6.45, 7) is 14.1. The smallest absolute Gasteiger partial charge is 0.202 e. The van der Waals surface area contributed by atoms with Gasteiger partial charge in [-0.25, -0.2) is 16.8 Å². The van der Waals surface area contributed by atoms with Crippen LogP contribution in [0.4, 0.5) is 26.3 Å². The van der Waals surface area contributed by atoms with Crippen molar-refractivity contribution in [1.82, 2.24) is 4.13 Å². The predicted octanol–water partition coefficient (Wildman–Crippen LogP) is 3.97. The molecule has 0 aromatic carbocycles. The Hall–Kier alpha value is -0.130. The first kappa shape index (κ1) is 27.1. The minimum atomic E-state index is -6.60. The van der Waals surface area contributed by atoms with Crippen molar-refractivity contribution in [2.75, 3.05) is 0 Å². The van der Waals surface area contributed by atoms with Gasteiger partial charge in [-0.05, 0) is 17.0 Å². The number of rotatable bonds is 5. The Morgan fingerprint density at radius 3 is 0.920 bits per heavy atom. The molecule has 0 fully saturated rings. The van der Waals surface area contributed by atoms with Crippen LogP contribution in [0.1, 0.15) is 41.5 Å². The normalized spacial score (nSPS) is 14.2. The van der Waals surface area contributed by atoms with Crippen LogP contribution in [-0.4, -0.2) is 44.8 Å². The minimum Gasteiger partial charge on any atom is -0.202 e. The number of nitrogens with one attached hydrogen (secondary N) is 1. The van der Waals surface area contributed by atoms with Gasteiger partial charge in [0.1, 0.15) is 0 Å². The first-order chi connectivity index (χ1) is 10.7. The summed E-state index contributed by atoms with van der Waals surface area (Å²) < 4.78 is 108. The largest absolute Gasteiger partial charge is 0.512 e. The lowest BCUT2D eigenvalue weighted by Crippen LogP contribution is -2.45. The van der Waals surface area contributed by atoms with Crippen molar-refractivity contribution in [3.63, 3.8) is 0 Å². The average Bonchev–Trinajstić information content (AvgIpc) is 2.22. The molecule has 154 valence electrons. The fraction of sp³-hybridized carbons (Fsp3) is 1.00. The van der Waals surface area contributed by atoms with E-state index >= 15 is 0 Å². The van der Waals surface area contributed by atoms with Gasteiger partial charge in [0.25, 0.3) is 0 Å². The van der Waals surface area contributed by atoms with Crippen LogP contribution < -0.4 is 4.13 Å². The van der Waals surface area contributed by atoms with Crippen LogP contribution in [0.5, 0.6) is 0 Å². The van der Waals surface area contributed by atoms with Gasteiger partial charge in [0.15, 0.2) is 0 Å². The highest BCUT2D eigenvalue weighted by molar-refractivity contribution is 8.05. The van der Waals surface area contributed by atoms with E-state index in [2.05, 4.69) is 41.5 Å². The van der Waals surface area contributed by atoms with Crippen molar-refractivity contribution in [3.8, 4) is 0 Å². The third-order valence-corrected chi connectivity index (χ3v) is 9.17. The van der Waals surface area contributed by atoms with Crippen LogP contribution in [0.2, 0.25) is 0 Å². The van der Waals surface area contributed by atoms with E-state index in [-0.39, 0.29) is 7.92 Å². The molecule has 0 aliphatic carbocycles. The van der Waals surface area contributed by atoms with Gasteiger partial charge in [-0.15, -0.1) is 0 Å². The lowest BCUT2D eigenvalue weighted by molar-refractivity contribution is -0.0476. The van der Waals surface area contributed by atoms with Crippen LogP contribution >= 0.6 is 7.92 Å². The molecule has 0 heterocycles. The predicted molar refractivity (Wildman–Crippen MR) is 85.4 cm³/mol. The van der Waals surface area contributed by atoms with Crippen LogP contribution in [0.3, 0.4) is 0 Å². The van der Waals surface area contributed by atoms with Gasteiger partial charge >= 0.3 is 31.1 Å². The molecule has 0 amide bonds. The second-order valence-corrected chi connectivity index (χ2v) is 13.3. The molecule has 0 saturated heterocycles. The monoisotopic (exact) mass is 441 g/mol. The second-order valence-electron chi connectivity index (χ2n) is 5.71. The summed E-state index contributed by atoms with van der Waals surface area (Å²) in [5, 5.41) is 0. The molecule has 0 radical (unpaired) electrons. The van der Waals surface area contributed by atoms with Crippen molar-refractivity contribution >= 4 is 28.0 Å². The lowest BCUT2D eigenvalue weighted by atomic mass is 10.5. The maximum absolute atomic E-state index is 11.5. The lowest BCUT2D eigenvalue weighted by Gasteiger charge is -2.29. The maximum atomic E-state index is 11.5. The van der Waals surface area contributed by atoms with Crippen LogP contribution in [0, 0.1) is 0 Å². The fourth-order valence-electron chi connectivity index (χ4n) is 2.03. The van der Waals surface area contributed by atoms with Gasteiger partial charge in [-0.1, -0.05) is 53.6 Å². The van der Waals surface area contributed by atoms with Crippen molar-refractivity contribution in [3.05, 3.63) is 0 Å². The van der Waals surface area contributed by atoms with Gasteiger partial charge in [-0.3, -0.25) is 0 Å². The van der Waals surface area contributed by atoms with Crippen LogP contribution in [0.25, 0.3) is 0 Å². The van der Waals surface area contributed by atoms with E-state index in [4.69, 9.17) is 0 Å². The quantitative estimate of drug-likeness (QED) is 0.517. The topological polar surface area (TPSA) is 80.3 Å². The fourth-order valence-corrected chi connectivity index (χ4v) is 7.52. The van der Waals surface area contributed by atoms with Gasteiger partial charge < -0.3 is 0 Å². The van der Waals surface area contributed by atoms with E-state index in [0.717, 1.165) is 17.0 Å². The highest BCUT2D eigenvalue weighted by Gasteiger charge is 2.55. The Bertz CT molecular complexity index is 550. The molecular formula is C11H22F6NO4PS2. The molecule has 0 unspecified atom stereocenters. The number of hydrogen-bond acceptors (Lipinski definition) is 4. The Morgan fingerprint density at radius 2 is 0.840 bits per heavy atom. The summed E-state index contributed by atoms with van der Waals surface area (Å²) in [5.41, 5.74) is -9.60. The van der Waals surface area contributed by atoms with E-state index in [1.165, 1.54) is 0 Å². The van der Waals surface area contributed by atoms with Crippen molar-refractivity contribution in [2.45, 2.75) is 69.5 Å². The van der Waals surface area contributed by atoms with Crippen molar-refractivity contribution in [2.24, 2.45) is 0 Å². The Morgan fingerprint density at radius 1 is 0.640 bits per heavy atom. The molecule has 0 atom stereocenters. The summed E-state index contributed by atoms with van der Waals surface area (Å²) in [4.78, 5) is 0. The van der Waals surface area contributed by atoms with Gasteiger partial charge in [0.2, 0.25) is 0 Å². The van der Waals surface area contributed by atoms with E-state index in [0.29, 0.717) is 0 Å². The molecule has 0 rings (SSSR count). The first-order valence-electron chi connectivity index (χ1n) is 6.86. The Balaban J connectivity index is 0. The third-order valence-electron chi connectivity index (χ3n) is 2.62. The molecule has 0 spiro atoms. The van der Waals surface area contributed by atoms with Crippen LogP contribution in [-0.2, 0) is 20.0 Å². The SMILES string of the molecule is CC(C)P(C(C)C)C(C)C.O=S(=O)(NS(=O)(=O)C(F)(F)F)C(F)(F)F. The molecule has 0 aliphatic rings. The zero-order chi connectivity index (χ0) is 21.0. The summed E-state index contributed by atoms with van der Waals surface area (Å²) in [5.74, 6) is 0. The number of sulfonamides is 2. The maximum Gasteiger partial charge on any atom is 0.512 e. The average molecular weight is 441 g/mol. The number of alkyl halides is 6. The number of halogens is 6. The van der Waals surface area contributed by atoms with Gasteiger partial charge in [-0.2, -0.15) is 26.3 Å². The summed E-state index contributed by atoms with van der Waals surface area (Å²) in [6.07, 6.45) is 0. The summed E-state index contributed by atoms with van der Waals surface area (Å²) in [6, 6.07) is 0. The second kappa shape index (κ2) is 9.18. The molecule has 0 saturated carbocycles. The number of hydrogen-bond donors (Lipinski definition) is 1. The zero-order valence-electron chi connectivity index (χ0n) is 14.4. The Labute approximate surface area is 145 Å². The summed E-state index contributed by atoms with van der Waals surface area (Å²) in [7, 11) is -12.9. The summed E-state index contributed by atoms with van der Waals surface area (Å²) >= 11 is 0. The molecule has 0 aromatic heterocycles. The minimum absolute atomic E-state index is 0.262. The third kappa shape index (κ3) is 8.87. The van der Waals surface area contributed by atoms with Gasteiger partial charge in [0, 0.05) is 0 Å². The zero-order valence-corrected chi connectivity index (χ0v) is 16.9. The van der Waals surface area contributed by atoms with Crippen LogP contribution in [0.15, 0.2) is 0 Å². The molecule has 0 aromatic rings. The van der Waals surface area contributed by atoms with Crippen molar-refractivity contribution < 1.29 is 43.2 Å². The molecule has 5 nitrogen and oxygen atoms in total. The molecular weight excluding hydrogens is 419 g/mol. The Kier molecular flexibility index (Phi) is 9.95. The van der Waals surface area contributed by atoms with E-state index < -0.39 is 35.2 Å². The molecule has 14 heteroatoms. The highest BCUT2D eigenvalue weighted by Crippen LogP contribution is 2.49. The highest BCUT2D eigenvalue weighted by atomic mass is 32.3. The first-order valence-corrected chi connectivity index (χ1v) is 11.4. The molecule has 1 N–H and O–H groups in total.